The highest BCUT2D eigenvalue weighted by Crippen LogP contribution is 2.49. The van der Waals surface area contributed by atoms with Crippen LogP contribution in [0.25, 0.3) is 11.0 Å². The molecule has 130 valence electrons. The van der Waals surface area contributed by atoms with Crippen LogP contribution >= 0.6 is 19.5 Å². The summed E-state index contributed by atoms with van der Waals surface area (Å²) in [6.07, 6.45) is 0. The topological polar surface area (TPSA) is 73.3 Å². The van der Waals surface area contributed by atoms with Gasteiger partial charge in [0.15, 0.2) is 0 Å². The van der Waals surface area contributed by atoms with Crippen molar-refractivity contribution < 1.29 is 13.6 Å². The second-order valence-electron chi connectivity index (χ2n) is 5.36. The molecular weight excluding hydrogens is 369 g/mol. The molecule has 1 aromatic heterocycles. The third kappa shape index (κ3) is 3.69. The molecule has 4 aromatic rings. The highest BCUT2D eigenvalue weighted by Gasteiger charge is 2.30. The van der Waals surface area contributed by atoms with Crippen LogP contribution in [0.2, 0.25) is 0 Å². The number of nitrogens with zero attached hydrogens (tertiary/aromatic N) is 2. The lowest BCUT2D eigenvalue weighted by Crippen LogP contribution is -2.10. The quantitative estimate of drug-likeness (QED) is 0.451. The Labute approximate surface area is 154 Å². The van der Waals surface area contributed by atoms with Gasteiger partial charge >= 0.3 is 7.75 Å². The molecular formula is C18H14N3O3PS. The molecule has 0 unspecified atom stereocenters. The number of anilines is 1. The predicted molar refractivity (Wildman–Crippen MR) is 103 cm³/mol. The van der Waals surface area contributed by atoms with Gasteiger partial charge in [-0.2, -0.15) is 8.75 Å². The monoisotopic (exact) mass is 383 g/mol. The SMILES string of the molecule is O=P(Nc1cccc2nsnc12)(Oc1ccccc1)Oc1ccccc1. The third-order valence-corrected chi connectivity index (χ3v) is 5.44. The molecule has 26 heavy (non-hydrogen) atoms. The van der Waals surface area contributed by atoms with Crippen molar-refractivity contribution in [2.75, 3.05) is 5.09 Å². The zero-order chi connectivity index (χ0) is 17.8. The molecule has 1 N–H and O–H groups in total. The van der Waals surface area contributed by atoms with Gasteiger partial charge in [0.25, 0.3) is 0 Å². The first-order valence-corrected chi connectivity index (χ1v) is 10.1. The Morgan fingerprint density at radius 1 is 0.769 bits per heavy atom. The van der Waals surface area contributed by atoms with Crippen LogP contribution in [-0.4, -0.2) is 8.75 Å². The van der Waals surface area contributed by atoms with Crippen LogP contribution in [0.15, 0.2) is 78.9 Å². The summed E-state index contributed by atoms with van der Waals surface area (Å²) >= 11 is 1.09. The van der Waals surface area contributed by atoms with Gasteiger partial charge in [0.2, 0.25) is 0 Å². The van der Waals surface area contributed by atoms with Gasteiger partial charge in [0.1, 0.15) is 22.5 Å². The Morgan fingerprint density at radius 3 is 2.00 bits per heavy atom. The van der Waals surface area contributed by atoms with Crippen LogP contribution in [0.3, 0.4) is 0 Å². The van der Waals surface area contributed by atoms with Crippen molar-refractivity contribution in [3.8, 4) is 11.5 Å². The first-order chi connectivity index (χ1) is 12.7. The third-order valence-electron chi connectivity index (χ3n) is 3.48. The molecule has 0 fully saturated rings. The van der Waals surface area contributed by atoms with Crippen LogP contribution in [0.1, 0.15) is 0 Å². The molecule has 0 amide bonds. The number of hydrogen-bond acceptors (Lipinski definition) is 6. The summed E-state index contributed by atoms with van der Waals surface area (Å²) in [5.74, 6) is 0.866. The Bertz CT molecular complexity index is 1010. The van der Waals surface area contributed by atoms with E-state index >= 15 is 0 Å². The fourth-order valence-electron chi connectivity index (χ4n) is 2.35. The number of hydrogen-bond donors (Lipinski definition) is 1. The van der Waals surface area contributed by atoms with E-state index in [1.165, 1.54) is 0 Å². The second kappa shape index (κ2) is 7.15. The van der Waals surface area contributed by atoms with Gasteiger partial charge in [-0.3, -0.25) is 5.09 Å². The van der Waals surface area contributed by atoms with E-state index in [-0.39, 0.29) is 0 Å². The maximum absolute atomic E-state index is 13.5. The van der Waals surface area contributed by atoms with Crippen molar-refractivity contribution >= 4 is 36.2 Å². The predicted octanol–water partition coefficient (Wildman–Crippen LogP) is 5.37. The van der Waals surface area contributed by atoms with Crippen LogP contribution in [0.4, 0.5) is 5.69 Å². The van der Waals surface area contributed by atoms with E-state index in [0.717, 1.165) is 11.7 Å². The number of benzene rings is 3. The smallest absolute Gasteiger partial charge is 0.400 e. The maximum atomic E-state index is 13.5. The van der Waals surface area contributed by atoms with Gasteiger partial charge in [0, 0.05) is 0 Å². The van der Waals surface area contributed by atoms with E-state index < -0.39 is 7.75 Å². The van der Waals surface area contributed by atoms with E-state index in [4.69, 9.17) is 9.05 Å². The number of aromatic nitrogens is 2. The summed E-state index contributed by atoms with van der Waals surface area (Å²) in [7, 11) is -3.78. The van der Waals surface area contributed by atoms with Crippen molar-refractivity contribution in [2.24, 2.45) is 0 Å². The van der Waals surface area contributed by atoms with Crippen molar-refractivity contribution in [1.82, 2.24) is 8.75 Å². The number of nitrogens with one attached hydrogen (secondary N) is 1. The molecule has 1 heterocycles. The van der Waals surface area contributed by atoms with E-state index in [9.17, 15) is 4.57 Å². The van der Waals surface area contributed by atoms with Crippen LogP contribution in [0, 0.1) is 0 Å². The summed E-state index contributed by atoms with van der Waals surface area (Å²) in [6, 6.07) is 23.2. The largest absolute Gasteiger partial charge is 0.541 e. The Balaban J connectivity index is 1.70. The lowest BCUT2D eigenvalue weighted by atomic mass is 10.3. The normalized spacial score (nSPS) is 11.2. The number of para-hydroxylation sites is 2. The minimum atomic E-state index is -3.78. The van der Waals surface area contributed by atoms with Crippen molar-refractivity contribution in [3.63, 3.8) is 0 Å². The molecule has 0 aliphatic carbocycles. The highest BCUT2D eigenvalue weighted by atomic mass is 32.1. The van der Waals surface area contributed by atoms with E-state index in [1.54, 1.807) is 60.7 Å². The molecule has 8 heteroatoms. The van der Waals surface area contributed by atoms with Gasteiger partial charge in [0.05, 0.1) is 17.4 Å². The minimum absolute atomic E-state index is 0.433. The molecule has 4 rings (SSSR count). The lowest BCUT2D eigenvalue weighted by molar-refractivity contribution is 0.393. The fraction of sp³-hybridized carbons (Fsp3) is 0. The molecule has 0 saturated carbocycles. The van der Waals surface area contributed by atoms with Gasteiger partial charge in [-0.05, 0) is 36.4 Å². The molecule has 0 spiro atoms. The average Bonchev–Trinajstić information content (AvgIpc) is 3.13. The van der Waals surface area contributed by atoms with E-state index in [1.807, 2.05) is 18.2 Å². The second-order valence-corrected chi connectivity index (χ2v) is 7.47. The Kier molecular flexibility index (Phi) is 4.56. The summed E-state index contributed by atoms with van der Waals surface area (Å²) in [4.78, 5) is 0. The first-order valence-electron chi connectivity index (χ1n) is 7.81. The molecule has 0 radical (unpaired) electrons. The fourth-order valence-corrected chi connectivity index (χ4v) is 4.30. The van der Waals surface area contributed by atoms with Crippen molar-refractivity contribution in [3.05, 3.63) is 78.9 Å². The lowest BCUT2D eigenvalue weighted by Gasteiger charge is -2.21. The van der Waals surface area contributed by atoms with E-state index in [2.05, 4.69) is 13.8 Å². The first kappa shape index (κ1) is 16.6. The standard InChI is InChI=1S/C18H14N3O3PS/c22-25(23-14-8-3-1-4-9-14,24-15-10-5-2-6-11-15)19-16-12-7-13-17-18(16)21-26-20-17/h1-13H,(H,19,22). The summed E-state index contributed by atoms with van der Waals surface area (Å²) in [5, 5.41) is 2.90. The Morgan fingerprint density at radius 2 is 1.38 bits per heavy atom. The van der Waals surface area contributed by atoms with Crippen LogP contribution < -0.4 is 14.1 Å². The number of rotatable bonds is 6. The van der Waals surface area contributed by atoms with Crippen LogP contribution in [-0.2, 0) is 4.57 Å². The van der Waals surface area contributed by atoms with E-state index in [0.29, 0.717) is 28.2 Å². The molecule has 0 saturated heterocycles. The molecule has 0 aliphatic heterocycles. The van der Waals surface area contributed by atoms with Gasteiger partial charge in [-0.1, -0.05) is 42.5 Å². The molecule has 0 atom stereocenters. The molecule has 0 aliphatic rings. The molecule has 3 aromatic carbocycles. The molecule has 0 bridgehead atoms. The molecule has 6 nitrogen and oxygen atoms in total. The van der Waals surface area contributed by atoms with Gasteiger partial charge < -0.3 is 9.05 Å². The zero-order valence-electron chi connectivity index (χ0n) is 13.5. The van der Waals surface area contributed by atoms with Gasteiger partial charge in [-0.25, -0.2) is 4.57 Å². The van der Waals surface area contributed by atoms with Gasteiger partial charge in [-0.15, -0.1) is 0 Å². The van der Waals surface area contributed by atoms with Crippen molar-refractivity contribution in [2.45, 2.75) is 0 Å². The summed E-state index contributed by atoms with van der Waals surface area (Å²) in [6.45, 7) is 0. The Hall–Kier alpha value is -2.89. The highest BCUT2D eigenvalue weighted by molar-refractivity contribution is 7.56. The summed E-state index contributed by atoms with van der Waals surface area (Å²) in [5.41, 5.74) is 1.86. The minimum Gasteiger partial charge on any atom is -0.400 e. The zero-order valence-corrected chi connectivity index (χ0v) is 15.2. The average molecular weight is 383 g/mol. The van der Waals surface area contributed by atoms with Crippen molar-refractivity contribution in [1.29, 1.82) is 0 Å². The van der Waals surface area contributed by atoms with Crippen LogP contribution in [0.5, 0.6) is 11.5 Å². The summed E-state index contributed by atoms with van der Waals surface area (Å²) < 4.78 is 33.4. The maximum Gasteiger partial charge on any atom is 0.541 e. The number of fused-ring (bicyclic) bond motifs is 1.